The molecule has 0 spiro atoms. The Morgan fingerprint density at radius 1 is 1.10 bits per heavy atom. The van der Waals surface area contributed by atoms with E-state index in [1.807, 2.05) is 18.2 Å². The Balaban J connectivity index is 1.39. The number of likely N-dealkylation sites (N-methyl/N-ethyl adjacent to an activating group) is 1. The molecule has 1 aliphatic carbocycles. The number of hydrogen-bond acceptors (Lipinski definition) is 7. The molecular weight excluding hydrogens is 384 g/mol. The van der Waals surface area contributed by atoms with Gasteiger partial charge in [-0.1, -0.05) is 6.07 Å². The highest BCUT2D eigenvalue weighted by Gasteiger charge is 2.33. The molecule has 0 saturated heterocycles. The maximum atomic E-state index is 12.0. The van der Waals surface area contributed by atoms with E-state index in [2.05, 4.69) is 20.7 Å². The number of anilines is 4. The highest BCUT2D eigenvalue weighted by Crippen LogP contribution is 2.31. The topological polar surface area (TPSA) is 112 Å². The van der Waals surface area contributed by atoms with E-state index in [1.165, 1.54) is 4.90 Å². The van der Waals surface area contributed by atoms with E-state index in [9.17, 15) is 14.7 Å². The van der Waals surface area contributed by atoms with E-state index in [0.717, 1.165) is 31.5 Å². The second-order valence-corrected chi connectivity index (χ2v) is 7.82. The number of carbonyl (C=O) groups excluding carboxylic acids is 2. The first kappa shape index (κ1) is 18.6. The summed E-state index contributed by atoms with van der Waals surface area (Å²) in [6.45, 7) is 0. The zero-order valence-corrected chi connectivity index (χ0v) is 16.5. The van der Waals surface area contributed by atoms with Crippen molar-refractivity contribution in [3.8, 4) is 0 Å². The van der Waals surface area contributed by atoms with Gasteiger partial charge in [-0.3, -0.25) is 9.59 Å². The molecule has 1 fully saturated rings. The van der Waals surface area contributed by atoms with Crippen molar-refractivity contribution in [2.45, 2.75) is 37.8 Å². The van der Waals surface area contributed by atoms with Crippen molar-refractivity contribution in [2.24, 2.45) is 0 Å². The van der Waals surface area contributed by atoms with Gasteiger partial charge in [0.15, 0.2) is 5.65 Å². The molecule has 0 atom stereocenters. The number of aliphatic hydroxyl groups excluding tert-OH is 1. The number of fused-ring (bicyclic) bond motifs is 2. The van der Waals surface area contributed by atoms with E-state index >= 15 is 0 Å². The van der Waals surface area contributed by atoms with E-state index in [0.29, 0.717) is 34.6 Å². The van der Waals surface area contributed by atoms with Gasteiger partial charge >= 0.3 is 0 Å². The Labute approximate surface area is 172 Å². The second kappa shape index (κ2) is 7.10. The molecule has 3 heterocycles. The van der Waals surface area contributed by atoms with Crippen molar-refractivity contribution in [2.75, 3.05) is 22.6 Å². The van der Waals surface area contributed by atoms with Crippen molar-refractivity contribution in [3.63, 3.8) is 0 Å². The van der Waals surface area contributed by atoms with Gasteiger partial charge in [0.1, 0.15) is 5.82 Å². The van der Waals surface area contributed by atoms with Crippen molar-refractivity contribution in [3.05, 3.63) is 42.0 Å². The van der Waals surface area contributed by atoms with Crippen molar-refractivity contribution in [1.82, 2.24) is 14.6 Å². The Kier molecular flexibility index (Phi) is 4.39. The monoisotopic (exact) mass is 406 g/mol. The molecule has 0 radical (unpaired) electrons. The third-order valence-corrected chi connectivity index (χ3v) is 5.77. The second-order valence-electron chi connectivity index (χ2n) is 7.82. The van der Waals surface area contributed by atoms with Crippen LogP contribution in [0.3, 0.4) is 0 Å². The number of amides is 1. The Morgan fingerprint density at radius 2 is 1.90 bits per heavy atom. The lowest BCUT2D eigenvalue weighted by atomic mass is 9.93. The van der Waals surface area contributed by atoms with Gasteiger partial charge < -0.3 is 20.6 Å². The first-order valence-corrected chi connectivity index (χ1v) is 10.0. The summed E-state index contributed by atoms with van der Waals surface area (Å²) in [6, 6.07) is 11.2. The summed E-state index contributed by atoms with van der Waals surface area (Å²) < 4.78 is 1.75. The molecule has 1 aromatic carbocycles. The first-order valence-electron chi connectivity index (χ1n) is 10.0. The average Bonchev–Trinajstić information content (AvgIpc) is 3.25. The molecular formula is C21H22N6O3. The van der Waals surface area contributed by atoms with Gasteiger partial charge in [0.2, 0.25) is 5.95 Å². The van der Waals surface area contributed by atoms with E-state index in [4.69, 9.17) is 0 Å². The summed E-state index contributed by atoms with van der Waals surface area (Å²) in [4.78, 5) is 29.7. The van der Waals surface area contributed by atoms with Crippen LogP contribution in [0.1, 0.15) is 36.0 Å². The number of Topliss-reactive ketones (excluding diaryl/α,β-unsaturated/α-hetero) is 1. The van der Waals surface area contributed by atoms with Gasteiger partial charge in [0.25, 0.3) is 11.7 Å². The van der Waals surface area contributed by atoms with Crippen LogP contribution in [0, 0.1) is 0 Å². The maximum absolute atomic E-state index is 12.0. The van der Waals surface area contributed by atoms with Crippen LogP contribution in [-0.4, -0.2) is 50.6 Å². The Hall–Kier alpha value is -3.46. The van der Waals surface area contributed by atoms with Crippen molar-refractivity contribution >= 4 is 40.5 Å². The summed E-state index contributed by atoms with van der Waals surface area (Å²) in [7, 11) is 1.58. The van der Waals surface area contributed by atoms with Crippen LogP contribution in [0.5, 0.6) is 0 Å². The Bertz CT molecular complexity index is 1150. The smallest absolute Gasteiger partial charge is 0.299 e. The van der Waals surface area contributed by atoms with Gasteiger partial charge in [0.05, 0.1) is 17.4 Å². The molecule has 5 rings (SSSR count). The van der Waals surface area contributed by atoms with Gasteiger partial charge in [0, 0.05) is 18.8 Å². The molecule has 0 unspecified atom stereocenters. The lowest BCUT2D eigenvalue weighted by Gasteiger charge is -2.26. The normalized spacial score (nSPS) is 21.2. The fraction of sp³-hybridized carbons (Fsp3) is 0.333. The zero-order valence-electron chi connectivity index (χ0n) is 16.5. The molecule has 154 valence electrons. The summed E-state index contributed by atoms with van der Waals surface area (Å²) in [5, 5.41) is 20.9. The number of carbonyl (C=O) groups is 2. The van der Waals surface area contributed by atoms with Crippen molar-refractivity contribution < 1.29 is 14.7 Å². The third-order valence-electron chi connectivity index (χ3n) is 5.77. The van der Waals surface area contributed by atoms with E-state index < -0.39 is 11.7 Å². The molecule has 1 aliphatic heterocycles. The SMILES string of the molecule is CN1C(=O)C(=O)c2ccc(Nc3nc4cccc(N[C@H]5CC[C@@H](O)CC5)n4n3)cc21. The number of benzene rings is 1. The highest BCUT2D eigenvalue weighted by atomic mass is 16.3. The molecule has 30 heavy (non-hydrogen) atoms. The lowest BCUT2D eigenvalue weighted by Crippen LogP contribution is -2.29. The number of ketones is 1. The van der Waals surface area contributed by atoms with Gasteiger partial charge in [-0.2, -0.15) is 9.50 Å². The minimum Gasteiger partial charge on any atom is -0.393 e. The summed E-state index contributed by atoms with van der Waals surface area (Å²) >= 11 is 0. The lowest BCUT2D eigenvalue weighted by molar-refractivity contribution is -0.114. The van der Waals surface area contributed by atoms with E-state index in [-0.39, 0.29) is 6.10 Å². The van der Waals surface area contributed by atoms with Crippen LogP contribution in [0.2, 0.25) is 0 Å². The largest absolute Gasteiger partial charge is 0.393 e. The molecule has 9 nitrogen and oxygen atoms in total. The molecule has 2 aromatic heterocycles. The van der Waals surface area contributed by atoms with E-state index in [1.54, 1.807) is 29.8 Å². The predicted molar refractivity (Wildman–Crippen MR) is 112 cm³/mol. The van der Waals surface area contributed by atoms with Crippen LogP contribution in [-0.2, 0) is 4.79 Å². The first-order chi connectivity index (χ1) is 14.5. The van der Waals surface area contributed by atoms with Crippen LogP contribution in [0.4, 0.5) is 23.1 Å². The van der Waals surface area contributed by atoms with Crippen LogP contribution >= 0.6 is 0 Å². The minimum absolute atomic E-state index is 0.196. The molecule has 9 heteroatoms. The van der Waals surface area contributed by atoms with Gasteiger partial charge in [-0.25, -0.2) is 0 Å². The fourth-order valence-electron chi connectivity index (χ4n) is 4.08. The zero-order chi connectivity index (χ0) is 20.8. The van der Waals surface area contributed by atoms with Crippen LogP contribution < -0.4 is 15.5 Å². The fourth-order valence-corrected chi connectivity index (χ4v) is 4.08. The minimum atomic E-state index is -0.529. The van der Waals surface area contributed by atoms with Crippen molar-refractivity contribution in [1.29, 1.82) is 0 Å². The molecule has 1 saturated carbocycles. The third kappa shape index (κ3) is 3.17. The predicted octanol–water partition coefficient (Wildman–Crippen LogP) is 2.35. The number of rotatable bonds is 4. The molecule has 2 aliphatic rings. The molecule has 0 bridgehead atoms. The quantitative estimate of drug-likeness (QED) is 0.570. The standard InChI is InChI=1S/C21H22N6O3/c1-26-16-11-13(7-10-15(16)19(29)20(26)30)23-21-24-18-4-2-3-17(27(18)25-21)22-12-5-8-14(28)9-6-12/h2-4,7,10-12,14,22,28H,5-6,8-9H2,1H3,(H,23,25)/t12-,14+. The maximum Gasteiger partial charge on any atom is 0.299 e. The average molecular weight is 406 g/mol. The van der Waals surface area contributed by atoms with Gasteiger partial charge in [-0.05, 0) is 56.0 Å². The van der Waals surface area contributed by atoms with Crippen LogP contribution in [0.25, 0.3) is 5.65 Å². The summed E-state index contributed by atoms with van der Waals surface area (Å²) in [5.74, 6) is 0.246. The summed E-state index contributed by atoms with van der Waals surface area (Å²) in [6.07, 6.45) is 3.23. The number of hydrogen-bond donors (Lipinski definition) is 3. The van der Waals surface area contributed by atoms with Crippen LogP contribution in [0.15, 0.2) is 36.4 Å². The Morgan fingerprint density at radius 3 is 2.70 bits per heavy atom. The molecule has 3 aromatic rings. The van der Waals surface area contributed by atoms with Gasteiger partial charge in [-0.15, -0.1) is 5.10 Å². The highest BCUT2D eigenvalue weighted by molar-refractivity contribution is 6.52. The number of pyridine rings is 1. The number of aliphatic hydroxyl groups is 1. The number of aromatic nitrogens is 3. The number of nitrogens with zero attached hydrogens (tertiary/aromatic N) is 4. The number of nitrogens with one attached hydrogen (secondary N) is 2. The molecule has 3 N–H and O–H groups in total. The molecule has 1 amide bonds. The summed E-state index contributed by atoms with van der Waals surface area (Å²) in [5.41, 5.74) is 2.36.